The number of pyridine rings is 2. The Labute approximate surface area is 201 Å². The van der Waals surface area contributed by atoms with Crippen molar-refractivity contribution in [2.24, 2.45) is 0 Å². The third kappa shape index (κ3) is 4.16. The summed E-state index contributed by atoms with van der Waals surface area (Å²) < 4.78 is 28.3. The van der Waals surface area contributed by atoms with Gasteiger partial charge in [-0.05, 0) is 61.6 Å². The van der Waals surface area contributed by atoms with Crippen molar-refractivity contribution in [3.63, 3.8) is 0 Å². The molecule has 9 heteroatoms. The second-order valence-corrected chi connectivity index (χ2v) is 9.18. The smallest absolute Gasteiger partial charge is 0.162 e. The highest BCUT2D eigenvalue weighted by molar-refractivity contribution is 5.94. The molecule has 2 aliphatic rings. The fourth-order valence-electron chi connectivity index (χ4n) is 4.70. The quantitative estimate of drug-likeness (QED) is 0.417. The summed E-state index contributed by atoms with van der Waals surface area (Å²) in [5, 5.41) is 7.24. The van der Waals surface area contributed by atoms with E-state index in [4.69, 9.17) is 9.97 Å². The van der Waals surface area contributed by atoms with E-state index in [2.05, 4.69) is 32.5 Å². The van der Waals surface area contributed by atoms with E-state index < -0.39 is 11.6 Å². The van der Waals surface area contributed by atoms with E-state index in [-0.39, 0.29) is 5.69 Å². The van der Waals surface area contributed by atoms with Crippen LogP contribution in [-0.2, 0) is 0 Å². The number of likely N-dealkylation sites (N-methyl/N-ethyl adjacent to an activating group) is 1. The second kappa shape index (κ2) is 8.81. The van der Waals surface area contributed by atoms with E-state index in [1.807, 2.05) is 6.20 Å². The van der Waals surface area contributed by atoms with Gasteiger partial charge in [0.1, 0.15) is 29.0 Å². The van der Waals surface area contributed by atoms with Crippen LogP contribution < -0.4 is 15.5 Å². The van der Waals surface area contributed by atoms with Crippen molar-refractivity contribution in [3.8, 4) is 11.4 Å². The zero-order valence-corrected chi connectivity index (χ0v) is 19.3. The molecule has 6 rings (SSSR count). The number of hydrogen-bond acceptors (Lipinski definition) is 7. The second-order valence-electron chi connectivity index (χ2n) is 9.18. The number of benzene rings is 1. The van der Waals surface area contributed by atoms with E-state index in [0.717, 1.165) is 49.1 Å². The van der Waals surface area contributed by atoms with Crippen molar-refractivity contribution < 1.29 is 8.78 Å². The first kappa shape index (κ1) is 21.8. The van der Waals surface area contributed by atoms with Crippen LogP contribution in [0.4, 0.5) is 26.1 Å². The van der Waals surface area contributed by atoms with E-state index in [1.54, 1.807) is 24.5 Å². The van der Waals surface area contributed by atoms with Crippen molar-refractivity contribution in [3.05, 3.63) is 66.1 Å². The number of hydrogen-bond donors (Lipinski definition) is 2. The fraction of sp³-hybridized carbons (Fsp3) is 0.308. The number of rotatable bonds is 6. The molecule has 0 spiro atoms. The minimum absolute atomic E-state index is 0.246. The van der Waals surface area contributed by atoms with Gasteiger partial charge in [0.15, 0.2) is 5.82 Å². The van der Waals surface area contributed by atoms with Gasteiger partial charge >= 0.3 is 0 Å². The predicted octanol–water partition coefficient (Wildman–Crippen LogP) is 4.78. The normalized spacial score (nSPS) is 17.6. The monoisotopic (exact) mass is 473 g/mol. The lowest BCUT2D eigenvalue weighted by Gasteiger charge is -2.27. The highest BCUT2D eigenvalue weighted by atomic mass is 19.1. The lowest BCUT2D eigenvalue weighted by atomic mass is 10.1. The first-order valence-electron chi connectivity index (χ1n) is 11.8. The van der Waals surface area contributed by atoms with Gasteiger partial charge in [-0.2, -0.15) is 0 Å². The molecule has 1 saturated heterocycles. The Hall–Kier alpha value is -3.72. The third-order valence-electron chi connectivity index (χ3n) is 6.78. The van der Waals surface area contributed by atoms with Crippen molar-refractivity contribution in [2.45, 2.75) is 31.2 Å². The molecule has 3 aromatic heterocycles. The molecule has 1 aromatic carbocycles. The van der Waals surface area contributed by atoms with Gasteiger partial charge in [0.2, 0.25) is 0 Å². The Bertz CT molecular complexity index is 1380. The first-order valence-corrected chi connectivity index (χ1v) is 11.8. The highest BCUT2D eigenvalue weighted by Crippen LogP contribution is 2.45. The molecule has 1 aliphatic carbocycles. The summed E-state index contributed by atoms with van der Waals surface area (Å²) in [5.41, 5.74) is 2.44. The Morgan fingerprint density at radius 3 is 2.63 bits per heavy atom. The van der Waals surface area contributed by atoms with Crippen LogP contribution in [0.2, 0.25) is 0 Å². The standard InChI is InChI=1S/C26H25F2N7/c1-35(17-8-9-29-12-17)26-23-18(15-5-6-15)13-30-14-21(23)32-25(34-26)16-7-10-31-22(11-16)33-24-19(27)3-2-4-20(24)28/h2-4,7,10-11,13-15,17,29H,5-6,8-9,12H2,1H3,(H,31,33)/t17-/m1/s1. The summed E-state index contributed by atoms with van der Waals surface area (Å²) in [6.07, 6.45) is 8.66. The van der Waals surface area contributed by atoms with Crippen LogP contribution in [0.3, 0.4) is 0 Å². The predicted molar refractivity (Wildman–Crippen MR) is 132 cm³/mol. The summed E-state index contributed by atoms with van der Waals surface area (Å²) in [4.78, 5) is 20.8. The van der Waals surface area contributed by atoms with Crippen LogP contribution in [-0.4, -0.2) is 46.1 Å². The maximum atomic E-state index is 14.2. The first-order chi connectivity index (χ1) is 17.1. The summed E-state index contributed by atoms with van der Waals surface area (Å²) in [7, 11) is 2.08. The van der Waals surface area contributed by atoms with Gasteiger partial charge in [0, 0.05) is 43.0 Å². The molecular weight excluding hydrogens is 448 g/mol. The Morgan fingerprint density at radius 1 is 1.06 bits per heavy atom. The van der Waals surface area contributed by atoms with Crippen LogP contribution in [0.25, 0.3) is 22.3 Å². The molecule has 1 atom stereocenters. The fourth-order valence-corrected chi connectivity index (χ4v) is 4.70. The Morgan fingerprint density at radius 2 is 1.89 bits per heavy atom. The summed E-state index contributed by atoms with van der Waals surface area (Å²) in [6.45, 7) is 1.88. The average Bonchev–Trinajstić information content (AvgIpc) is 3.58. The van der Waals surface area contributed by atoms with E-state index in [1.165, 1.54) is 23.8 Å². The number of aromatic nitrogens is 4. The maximum Gasteiger partial charge on any atom is 0.162 e. The van der Waals surface area contributed by atoms with Crippen LogP contribution in [0.15, 0.2) is 48.9 Å². The zero-order valence-electron chi connectivity index (χ0n) is 19.3. The van der Waals surface area contributed by atoms with Gasteiger partial charge in [-0.1, -0.05) is 6.07 Å². The molecule has 35 heavy (non-hydrogen) atoms. The topological polar surface area (TPSA) is 78.9 Å². The molecule has 4 aromatic rings. The minimum atomic E-state index is -0.688. The van der Waals surface area contributed by atoms with Gasteiger partial charge in [-0.15, -0.1) is 0 Å². The lowest BCUT2D eigenvalue weighted by molar-refractivity contribution is 0.590. The molecular formula is C26H25F2N7. The van der Waals surface area contributed by atoms with Gasteiger partial charge in [-0.25, -0.2) is 23.7 Å². The molecule has 178 valence electrons. The van der Waals surface area contributed by atoms with Crippen LogP contribution >= 0.6 is 0 Å². The molecule has 2 fully saturated rings. The van der Waals surface area contributed by atoms with Crippen molar-refractivity contribution in [1.82, 2.24) is 25.3 Å². The summed E-state index contributed by atoms with van der Waals surface area (Å²) in [5.74, 6) is 0.824. The van der Waals surface area contributed by atoms with Crippen LogP contribution in [0.5, 0.6) is 0 Å². The molecule has 0 radical (unpaired) electrons. The third-order valence-corrected chi connectivity index (χ3v) is 6.78. The largest absolute Gasteiger partial charge is 0.355 e. The zero-order chi connectivity index (χ0) is 23.9. The SMILES string of the molecule is CN(c1nc(-c2ccnc(Nc3c(F)cccc3F)c2)nc2cncc(C3CC3)c12)[C@@H]1CCNC1. The number of anilines is 3. The van der Waals surface area contributed by atoms with Crippen LogP contribution in [0.1, 0.15) is 30.7 Å². The Kier molecular flexibility index (Phi) is 5.49. The van der Waals surface area contributed by atoms with Gasteiger partial charge in [0.25, 0.3) is 0 Å². The Balaban J connectivity index is 1.45. The van der Waals surface area contributed by atoms with E-state index in [0.29, 0.717) is 29.2 Å². The lowest BCUT2D eigenvalue weighted by Crippen LogP contribution is -2.34. The maximum absolute atomic E-state index is 14.2. The highest BCUT2D eigenvalue weighted by Gasteiger charge is 2.30. The van der Waals surface area contributed by atoms with Crippen molar-refractivity contribution in [1.29, 1.82) is 0 Å². The van der Waals surface area contributed by atoms with Gasteiger partial charge < -0.3 is 15.5 Å². The number of para-hydroxylation sites is 1. The molecule has 1 saturated carbocycles. The summed E-state index contributed by atoms with van der Waals surface area (Å²) in [6, 6.07) is 7.55. The molecule has 0 unspecified atom stereocenters. The van der Waals surface area contributed by atoms with E-state index in [9.17, 15) is 8.78 Å². The minimum Gasteiger partial charge on any atom is -0.355 e. The van der Waals surface area contributed by atoms with Gasteiger partial charge in [0.05, 0.1) is 11.7 Å². The van der Waals surface area contributed by atoms with Gasteiger partial charge in [-0.3, -0.25) is 4.98 Å². The number of fused-ring (bicyclic) bond motifs is 1. The van der Waals surface area contributed by atoms with Crippen molar-refractivity contribution in [2.75, 3.05) is 30.4 Å². The molecule has 4 heterocycles. The number of nitrogens with one attached hydrogen (secondary N) is 2. The molecule has 0 bridgehead atoms. The molecule has 1 aliphatic heterocycles. The molecule has 7 nitrogen and oxygen atoms in total. The number of halogens is 2. The molecule has 0 amide bonds. The van der Waals surface area contributed by atoms with Crippen molar-refractivity contribution >= 4 is 28.2 Å². The van der Waals surface area contributed by atoms with Crippen LogP contribution in [0, 0.1) is 11.6 Å². The van der Waals surface area contributed by atoms with E-state index >= 15 is 0 Å². The molecule has 2 N–H and O–H groups in total. The average molecular weight is 474 g/mol. The number of nitrogens with zero attached hydrogens (tertiary/aromatic N) is 5. The summed E-state index contributed by atoms with van der Waals surface area (Å²) >= 11 is 0.